The molecule has 0 N–H and O–H groups in total. The first-order valence-electron chi connectivity index (χ1n) is 20.3. The Morgan fingerprint density at radius 2 is 0.831 bits per heavy atom. The first kappa shape index (κ1) is 33.3. The lowest BCUT2D eigenvalue weighted by Gasteiger charge is -2.28. The zero-order valence-corrected chi connectivity index (χ0v) is 32.2. The largest absolute Gasteiger partial charge is 0.310 e. The highest BCUT2D eigenvalue weighted by Crippen LogP contribution is 2.44. The van der Waals surface area contributed by atoms with E-state index in [2.05, 4.69) is 238 Å². The van der Waals surface area contributed by atoms with Gasteiger partial charge >= 0.3 is 0 Å². The van der Waals surface area contributed by atoms with Crippen molar-refractivity contribution in [2.24, 2.45) is 0 Å². The standard InChI is InChI=1S/C56H37N3/c1-2-19-43(20-3-1)58-55-27-13-10-24-50(55)51-36-41(30-32-56(51)58)42-34-45(37-46(35-42)59-53-25-11-8-22-48(53)49-23-9-12-26-54(49)59)57(44-31-29-38-15-4-5-17-40(38)33-44)52-28-14-18-39-16-6-7-21-47(39)52/h1-37H. The molecule has 0 bridgehead atoms. The molecular weight excluding hydrogens is 715 g/mol. The van der Waals surface area contributed by atoms with Crippen molar-refractivity contribution in [1.82, 2.24) is 9.13 Å². The van der Waals surface area contributed by atoms with E-state index in [0.29, 0.717) is 0 Å². The van der Waals surface area contributed by atoms with E-state index in [1.54, 1.807) is 0 Å². The minimum Gasteiger partial charge on any atom is -0.310 e. The van der Waals surface area contributed by atoms with Gasteiger partial charge in [-0.15, -0.1) is 0 Å². The van der Waals surface area contributed by atoms with Gasteiger partial charge in [-0.3, -0.25) is 0 Å². The zero-order valence-electron chi connectivity index (χ0n) is 32.2. The van der Waals surface area contributed by atoms with E-state index in [0.717, 1.165) is 39.6 Å². The second-order valence-corrected chi connectivity index (χ2v) is 15.4. The van der Waals surface area contributed by atoms with Crippen molar-refractivity contribution in [3.05, 3.63) is 224 Å². The molecule has 12 rings (SSSR count). The van der Waals surface area contributed by atoms with Crippen LogP contribution >= 0.6 is 0 Å². The summed E-state index contributed by atoms with van der Waals surface area (Å²) in [6, 6.07) is 82.0. The maximum Gasteiger partial charge on any atom is 0.0541 e. The average molecular weight is 752 g/mol. The Hall–Kier alpha value is -7.88. The summed E-state index contributed by atoms with van der Waals surface area (Å²) >= 11 is 0. The van der Waals surface area contributed by atoms with Crippen LogP contribution in [-0.2, 0) is 0 Å². The molecule has 0 atom stereocenters. The summed E-state index contributed by atoms with van der Waals surface area (Å²) in [5.41, 5.74) is 12.6. The number of benzene rings is 10. The maximum atomic E-state index is 2.45. The van der Waals surface area contributed by atoms with Crippen LogP contribution in [0.1, 0.15) is 0 Å². The van der Waals surface area contributed by atoms with Crippen molar-refractivity contribution in [2.45, 2.75) is 0 Å². The second kappa shape index (κ2) is 13.4. The number of nitrogens with zero attached hydrogens (tertiary/aromatic N) is 3. The molecule has 0 aliphatic rings. The predicted molar refractivity (Wildman–Crippen MR) is 250 cm³/mol. The number of hydrogen-bond donors (Lipinski definition) is 0. The third kappa shape index (κ3) is 5.36. The summed E-state index contributed by atoms with van der Waals surface area (Å²) in [6.45, 7) is 0. The molecule has 0 radical (unpaired) electrons. The number of para-hydroxylation sites is 4. The molecule has 0 saturated carbocycles. The summed E-state index contributed by atoms with van der Waals surface area (Å²) in [7, 11) is 0. The number of anilines is 3. The van der Waals surface area contributed by atoms with Gasteiger partial charge in [0, 0.05) is 49.7 Å². The van der Waals surface area contributed by atoms with Crippen molar-refractivity contribution < 1.29 is 0 Å². The molecule has 0 spiro atoms. The quantitative estimate of drug-likeness (QED) is 0.165. The van der Waals surface area contributed by atoms with Gasteiger partial charge in [0.2, 0.25) is 0 Å². The fourth-order valence-corrected chi connectivity index (χ4v) is 9.37. The van der Waals surface area contributed by atoms with Crippen LogP contribution in [0.15, 0.2) is 224 Å². The first-order valence-corrected chi connectivity index (χ1v) is 20.3. The van der Waals surface area contributed by atoms with E-state index in [-0.39, 0.29) is 0 Å². The lowest BCUT2D eigenvalue weighted by molar-refractivity contribution is 1.17. The van der Waals surface area contributed by atoms with Crippen LogP contribution in [0.5, 0.6) is 0 Å². The van der Waals surface area contributed by atoms with Crippen molar-refractivity contribution in [3.63, 3.8) is 0 Å². The van der Waals surface area contributed by atoms with Gasteiger partial charge in [0.25, 0.3) is 0 Å². The van der Waals surface area contributed by atoms with Gasteiger partial charge in [0.15, 0.2) is 0 Å². The Labute approximate surface area is 341 Å². The van der Waals surface area contributed by atoms with Crippen LogP contribution in [0.4, 0.5) is 17.1 Å². The Bertz CT molecular complexity index is 3510. The summed E-state index contributed by atoms with van der Waals surface area (Å²) in [5.74, 6) is 0. The fraction of sp³-hybridized carbons (Fsp3) is 0. The maximum absolute atomic E-state index is 2.45. The molecule has 0 aliphatic carbocycles. The summed E-state index contributed by atoms with van der Waals surface area (Å²) in [5, 5.41) is 9.77. The Kier molecular flexibility index (Phi) is 7.54. The van der Waals surface area contributed by atoms with Crippen LogP contribution < -0.4 is 4.90 Å². The van der Waals surface area contributed by atoms with Crippen molar-refractivity contribution in [1.29, 1.82) is 0 Å². The van der Waals surface area contributed by atoms with E-state index < -0.39 is 0 Å². The van der Waals surface area contributed by atoms with Crippen LogP contribution in [0.3, 0.4) is 0 Å². The Balaban J connectivity index is 1.17. The molecule has 0 fully saturated rings. The summed E-state index contributed by atoms with van der Waals surface area (Å²) in [4.78, 5) is 2.45. The lowest BCUT2D eigenvalue weighted by Crippen LogP contribution is -2.11. The van der Waals surface area contributed by atoms with E-state index in [1.807, 2.05) is 0 Å². The van der Waals surface area contributed by atoms with E-state index in [9.17, 15) is 0 Å². The minimum absolute atomic E-state index is 1.08. The number of aromatic nitrogens is 2. The molecule has 12 aromatic rings. The number of hydrogen-bond acceptors (Lipinski definition) is 1. The van der Waals surface area contributed by atoms with E-state index in [4.69, 9.17) is 0 Å². The third-order valence-corrected chi connectivity index (χ3v) is 12.0. The topological polar surface area (TPSA) is 13.1 Å². The average Bonchev–Trinajstić information content (AvgIpc) is 3.82. The molecule has 0 saturated heterocycles. The molecule has 2 aromatic heterocycles. The molecule has 0 unspecified atom stereocenters. The molecule has 3 nitrogen and oxygen atoms in total. The summed E-state index contributed by atoms with van der Waals surface area (Å²) < 4.78 is 4.83. The lowest BCUT2D eigenvalue weighted by atomic mass is 9.99. The molecule has 59 heavy (non-hydrogen) atoms. The second-order valence-electron chi connectivity index (χ2n) is 15.4. The monoisotopic (exact) mass is 751 g/mol. The highest BCUT2D eigenvalue weighted by Gasteiger charge is 2.21. The summed E-state index contributed by atoms with van der Waals surface area (Å²) in [6.07, 6.45) is 0. The SMILES string of the molecule is c1ccc(-n2c3ccccc3c3cc(-c4cc(N(c5ccc6ccccc6c5)c5cccc6ccccc56)cc(-n5c6ccccc6c6ccccc65)c4)ccc32)cc1. The molecule has 2 heterocycles. The van der Waals surface area contributed by atoms with Crippen LogP contribution in [0, 0.1) is 0 Å². The van der Waals surface area contributed by atoms with Crippen LogP contribution in [-0.4, -0.2) is 9.13 Å². The van der Waals surface area contributed by atoms with Crippen molar-refractivity contribution in [2.75, 3.05) is 4.90 Å². The third-order valence-electron chi connectivity index (χ3n) is 12.0. The van der Waals surface area contributed by atoms with Gasteiger partial charge in [0.1, 0.15) is 0 Å². The van der Waals surface area contributed by atoms with Crippen LogP contribution in [0.2, 0.25) is 0 Å². The zero-order chi connectivity index (χ0) is 38.9. The minimum atomic E-state index is 1.08. The highest BCUT2D eigenvalue weighted by atomic mass is 15.1. The van der Waals surface area contributed by atoms with Crippen molar-refractivity contribution >= 4 is 82.2 Å². The van der Waals surface area contributed by atoms with Gasteiger partial charge in [0.05, 0.1) is 27.8 Å². The van der Waals surface area contributed by atoms with Gasteiger partial charge in [-0.2, -0.15) is 0 Å². The molecule has 0 aliphatic heterocycles. The molecule has 276 valence electrons. The van der Waals surface area contributed by atoms with Crippen molar-refractivity contribution in [3.8, 4) is 22.5 Å². The normalized spacial score (nSPS) is 11.7. The molecular formula is C56H37N3. The first-order chi connectivity index (χ1) is 29.3. The highest BCUT2D eigenvalue weighted by molar-refractivity contribution is 6.12. The molecule has 3 heteroatoms. The fourth-order valence-electron chi connectivity index (χ4n) is 9.37. The van der Waals surface area contributed by atoms with Gasteiger partial charge in [-0.25, -0.2) is 0 Å². The van der Waals surface area contributed by atoms with Gasteiger partial charge in [-0.1, -0.05) is 146 Å². The molecule has 0 amide bonds. The van der Waals surface area contributed by atoms with Gasteiger partial charge < -0.3 is 14.0 Å². The molecule has 10 aromatic carbocycles. The van der Waals surface area contributed by atoms with Gasteiger partial charge in [-0.05, 0) is 106 Å². The smallest absolute Gasteiger partial charge is 0.0541 e. The number of fused-ring (bicyclic) bond motifs is 8. The van der Waals surface area contributed by atoms with E-state index >= 15 is 0 Å². The van der Waals surface area contributed by atoms with Crippen LogP contribution in [0.25, 0.3) is 87.7 Å². The number of rotatable bonds is 6. The Morgan fingerprint density at radius 1 is 0.271 bits per heavy atom. The Morgan fingerprint density at radius 3 is 1.56 bits per heavy atom. The van der Waals surface area contributed by atoms with E-state index in [1.165, 1.54) is 65.2 Å². The predicted octanol–water partition coefficient (Wildman–Crippen LogP) is 15.3.